The molecule has 0 heterocycles. The van der Waals surface area contributed by atoms with Gasteiger partial charge in [-0.25, -0.2) is 0 Å². The predicted molar refractivity (Wildman–Crippen MR) is 137 cm³/mol. The molecule has 0 saturated heterocycles. The minimum absolute atomic E-state index is 0.0157. The van der Waals surface area contributed by atoms with Crippen molar-refractivity contribution in [2.45, 2.75) is 97.2 Å². The van der Waals surface area contributed by atoms with Gasteiger partial charge in [-0.15, -0.1) is 0 Å². The number of nitrogens with one attached hydrogen (secondary N) is 1. The molecule has 3 N–H and O–H groups in total. The third kappa shape index (κ3) is 4.83. The van der Waals surface area contributed by atoms with Crippen molar-refractivity contribution in [3.63, 3.8) is 0 Å². The minimum Gasteiger partial charge on any atom is -0.393 e. The number of quaternary nitrogens is 1. The number of hydrogen-bond acceptors (Lipinski definition) is 3. The number of carbonyl (C=O) groups excluding carboxylic acids is 1. The van der Waals surface area contributed by atoms with Gasteiger partial charge in [-0.1, -0.05) is 20.8 Å². The monoisotopic (exact) mass is 477 g/mol. The normalized spacial score (nSPS) is 45.1. The van der Waals surface area contributed by atoms with Crippen LogP contribution in [-0.4, -0.2) is 67.0 Å². The molecule has 10 atom stereocenters. The van der Waals surface area contributed by atoms with Crippen LogP contribution in [0.1, 0.15) is 85.0 Å². The summed E-state index contributed by atoms with van der Waals surface area (Å²) in [5.74, 6) is 3.70. The molecule has 5 unspecified atom stereocenters. The number of hydrogen-bond donors (Lipinski definition) is 3. The first-order chi connectivity index (χ1) is 15.9. The molecular weight excluding hydrogens is 424 g/mol. The van der Waals surface area contributed by atoms with Crippen LogP contribution in [-0.2, 0) is 4.79 Å². The average molecular weight is 478 g/mol. The van der Waals surface area contributed by atoms with Crippen LogP contribution in [0.2, 0.25) is 0 Å². The van der Waals surface area contributed by atoms with Crippen LogP contribution >= 0.6 is 0 Å². The number of nitrogens with zero attached hydrogens (tertiary/aromatic N) is 1. The van der Waals surface area contributed by atoms with Gasteiger partial charge in [-0.2, -0.15) is 0 Å². The predicted octanol–water partition coefficient (Wildman–Crippen LogP) is 4.22. The summed E-state index contributed by atoms with van der Waals surface area (Å²) >= 11 is 0. The van der Waals surface area contributed by atoms with Crippen LogP contribution in [0.5, 0.6) is 0 Å². The quantitative estimate of drug-likeness (QED) is 0.481. The van der Waals surface area contributed by atoms with E-state index in [1.807, 2.05) is 0 Å². The number of fused-ring (bicyclic) bond motifs is 5. The first kappa shape index (κ1) is 26.4. The number of aliphatic hydroxyl groups excluding tert-OH is 2. The van der Waals surface area contributed by atoms with Gasteiger partial charge in [0.05, 0.1) is 46.4 Å². The van der Waals surface area contributed by atoms with E-state index in [2.05, 4.69) is 47.2 Å². The van der Waals surface area contributed by atoms with Crippen LogP contribution in [0, 0.1) is 46.3 Å². The molecule has 0 aromatic heterocycles. The minimum atomic E-state index is -0.241. The highest BCUT2D eigenvalue weighted by molar-refractivity contribution is 5.75. The molecular formula is C29H53N2O3+. The summed E-state index contributed by atoms with van der Waals surface area (Å²) in [7, 11) is 6.45. The maximum Gasteiger partial charge on any atom is 0.220 e. The van der Waals surface area contributed by atoms with Gasteiger partial charge in [-0.3, -0.25) is 4.79 Å². The molecule has 0 radical (unpaired) electrons. The maximum absolute atomic E-state index is 12.5. The van der Waals surface area contributed by atoms with E-state index in [0.717, 1.165) is 55.6 Å². The molecule has 34 heavy (non-hydrogen) atoms. The molecule has 4 aliphatic carbocycles. The standard InChI is InChI=1S/C29H52N2O3/c1-19(7-12-27(34)30-15-16-31(4,5)6)23-10-11-24-22-9-8-20-17-21(32)13-14-28(20,2)25(22)18-26(33)29(23,24)3/h19-26,32-33H,7-18H2,1-6H3/p+1/t19?,20?,21-,22?,23-,24?,25?,26+,28+,29-/m1/s1. The highest BCUT2D eigenvalue weighted by Crippen LogP contribution is 2.68. The molecule has 0 spiro atoms. The van der Waals surface area contributed by atoms with Gasteiger partial charge in [0.15, 0.2) is 0 Å². The number of rotatable bonds is 7. The van der Waals surface area contributed by atoms with Crippen LogP contribution in [0.15, 0.2) is 0 Å². The van der Waals surface area contributed by atoms with Gasteiger partial charge >= 0.3 is 0 Å². The molecule has 196 valence electrons. The second-order valence-electron chi connectivity index (χ2n) is 14.3. The molecule has 0 aromatic rings. The van der Waals surface area contributed by atoms with E-state index in [1.165, 1.54) is 25.7 Å². The van der Waals surface area contributed by atoms with Crippen LogP contribution in [0.25, 0.3) is 0 Å². The summed E-state index contributed by atoms with van der Waals surface area (Å²) in [6.45, 7) is 8.89. The van der Waals surface area contributed by atoms with E-state index in [1.54, 1.807) is 0 Å². The Hall–Kier alpha value is -0.650. The molecule has 0 aliphatic heterocycles. The lowest BCUT2D eigenvalue weighted by Crippen LogP contribution is -2.58. The van der Waals surface area contributed by atoms with Crippen LogP contribution in [0.3, 0.4) is 0 Å². The lowest BCUT2D eigenvalue weighted by molar-refractivity contribution is -0.869. The van der Waals surface area contributed by atoms with Gasteiger partial charge in [0.2, 0.25) is 5.91 Å². The van der Waals surface area contributed by atoms with E-state index in [9.17, 15) is 15.0 Å². The smallest absolute Gasteiger partial charge is 0.220 e. The first-order valence-corrected chi connectivity index (χ1v) is 14.3. The van der Waals surface area contributed by atoms with Crippen LogP contribution < -0.4 is 5.32 Å². The molecule has 4 fully saturated rings. The third-order valence-corrected chi connectivity index (χ3v) is 11.4. The van der Waals surface area contributed by atoms with Crippen molar-refractivity contribution in [3.8, 4) is 0 Å². The van der Waals surface area contributed by atoms with Crippen molar-refractivity contribution in [3.05, 3.63) is 0 Å². The average Bonchev–Trinajstić information content (AvgIpc) is 3.11. The topological polar surface area (TPSA) is 69.6 Å². The largest absolute Gasteiger partial charge is 0.393 e. The summed E-state index contributed by atoms with van der Waals surface area (Å²) < 4.78 is 0.860. The second kappa shape index (κ2) is 9.67. The summed E-state index contributed by atoms with van der Waals surface area (Å²) in [6, 6.07) is 0. The van der Waals surface area contributed by atoms with Crippen molar-refractivity contribution in [2.75, 3.05) is 34.2 Å². The molecule has 0 bridgehead atoms. The Morgan fingerprint density at radius 2 is 1.76 bits per heavy atom. The van der Waals surface area contributed by atoms with Crippen molar-refractivity contribution in [1.29, 1.82) is 0 Å². The molecule has 1 amide bonds. The van der Waals surface area contributed by atoms with E-state index in [4.69, 9.17) is 0 Å². The maximum atomic E-state index is 12.5. The van der Waals surface area contributed by atoms with E-state index in [-0.39, 0.29) is 28.9 Å². The Morgan fingerprint density at radius 1 is 1.03 bits per heavy atom. The number of amides is 1. The summed E-state index contributed by atoms with van der Waals surface area (Å²) in [6.07, 6.45) is 10.1. The summed E-state index contributed by atoms with van der Waals surface area (Å²) in [5, 5.41) is 25.1. The number of aliphatic hydroxyl groups is 2. The van der Waals surface area contributed by atoms with Crippen molar-refractivity contribution in [1.82, 2.24) is 5.32 Å². The van der Waals surface area contributed by atoms with Crippen molar-refractivity contribution >= 4 is 5.91 Å². The first-order valence-electron chi connectivity index (χ1n) is 14.3. The van der Waals surface area contributed by atoms with E-state index >= 15 is 0 Å². The zero-order valence-electron chi connectivity index (χ0n) is 22.9. The Bertz CT molecular complexity index is 735. The fourth-order valence-electron chi connectivity index (χ4n) is 9.34. The Balaban J connectivity index is 1.39. The summed E-state index contributed by atoms with van der Waals surface area (Å²) in [5.41, 5.74) is 0.274. The molecule has 0 aromatic carbocycles. The van der Waals surface area contributed by atoms with E-state index in [0.29, 0.717) is 36.0 Å². The Labute approximate surface area is 208 Å². The van der Waals surface area contributed by atoms with Gasteiger partial charge in [0.1, 0.15) is 0 Å². The SMILES string of the molecule is CC(CCC(=O)NCC[N+](C)(C)C)[C@H]1CCC2C3CCC4C[C@H](O)CC[C@]4(C)C3C[C@H](O)[C@@]21C. The van der Waals surface area contributed by atoms with Crippen molar-refractivity contribution < 1.29 is 19.5 Å². The van der Waals surface area contributed by atoms with E-state index < -0.39 is 0 Å². The summed E-state index contributed by atoms with van der Waals surface area (Å²) in [4.78, 5) is 12.5. The zero-order valence-corrected chi connectivity index (χ0v) is 22.9. The van der Waals surface area contributed by atoms with Crippen molar-refractivity contribution in [2.24, 2.45) is 46.3 Å². The lowest BCUT2D eigenvalue weighted by atomic mass is 9.43. The van der Waals surface area contributed by atoms with Gasteiger partial charge < -0.3 is 20.0 Å². The van der Waals surface area contributed by atoms with Gasteiger partial charge in [0.25, 0.3) is 0 Å². The Kier molecular flexibility index (Phi) is 7.51. The molecule has 4 rings (SSSR count). The fourth-order valence-corrected chi connectivity index (χ4v) is 9.34. The molecule has 5 nitrogen and oxygen atoms in total. The molecule has 4 aliphatic rings. The Morgan fingerprint density at radius 3 is 2.47 bits per heavy atom. The zero-order chi connectivity index (χ0) is 24.9. The molecule has 4 saturated carbocycles. The lowest BCUT2D eigenvalue weighted by Gasteiger charge is -2.62. The third-order valence-electron chi connectivity index (χ3n) is 11.4. The second-order valence-corrected chi connectivity index (χ2v) is 14.3. The van der Waals surface area contributed by atoms with Crippen LogP contribution in [0.4, 0.5) is 0 Å². The number of likely N-dealkylation sites (N-methyl/N-ethyl adjacent to an activating group) is 1. The highest BCUT2D eigenvalue weighted by atomic mass is 16.3. The number of carbonyl (C=O) groups is 1. The molecule has 5 heteroatoms. The van der Waals surface area contributed by atoms with Gasteiger partial charge in [0, 0.05) is 6.42 Å². The highest BCUT2D eigenvalue weighted by Gasteiger charge is 2.63. The van der Waals surface area contributed by atoms with Gasteiger partial charge in [-0.05, 0) is 104 Å². The fraction of sp³-hybridized carbons (Fsp3) is 0.966.